The number of morpholine rings is 1. The first kappa shape index (κ1) is 19.2. The Kier molecular flexibility index (Phi) is 5.92. The summed E-state index contributed by atoms with van der Waals surface area (Å²) in [5.41, 5.74) is 2.70. The third kappa shape index (κ3) is 4.84. The Morgan fingerprint density at radius 3 is 2.86 bits per heavy atom. The van der Waals surface area contributed by atoms with Gasteiger partial charge in [0.2, 0.25) is 0 Å². The Morgan fingerprint density at radius 2 is 2.03 bits per heavy atom. The Morgan fingerprint density at radius 1 is 1.17 bits per heavy atom. The van der Waals surface area contributed by atoms with Gasteiger partial charge in [0, 0.05) is 37.9 Å². The maximum absolute atomic E-state index is 11.7. The van der Waals surface area contributed by atoms with Crippen LogP contribution < -0.4 is 10.6 Å². The van der Waals surface area contributed by atoms with Crippen LogP contribution in [0.25, 0.3) is 22.4 Å². The Bertz CT molecular complexity index is 983. The molecule has 0 aromatic carbocycles. The average Bonchev–Trinajstić information content (AvgIpc) is 3.22. The van der Waals surface area contributed by atoms with Crippen LogP contribution in [0.4, 0.5) is 10.6 Å². The first-order valence-electron chi connectivity index (χ1n) is 9.73. The quantitative estimate of drug-likeness (QED) is 0.647. The number of anilines is 1. The minimum Gasteiger partial charge on any atom is -0.379 e. The second-order valence-electron chi connectivity index (χ2n) is 6.73. The second-order valence-corrected chi connectivity index (χ2v) is 6.73. The fourth-order valence-electron chi connectivity index (χ4n) is 3.11. The van der Waals surface area contributed by atoms with Crippen LogP contribution in [0, 0.1) is 0 Å². The second kappa shape index (κ2) is 8.93. The number of hydrogen-bond acceptors (Lipinski definition) is 7. The number of pyridine rings is 1. The van der Waals surface area contributed by atoms with E-state index in [1.807, 2.05) is 17.8 Å². The van der Waals surface area contributed by atoms with Crippen molar-refractivity contribution < 1.29 is 9.53 Å². The van der Waals surface area contributed by atoms with E-state index in [0.29, 0.717) is 29.2 Å². The van der Waals surface area contributed by atoms with E-state index in [1.54, 1.807) is 24.5 Å². The van der Waals surface area contributed by atoms with Gasteiger partial charge in [0.05, 0.1) is 37.8 Å². The van der Waals surface area contributed by atoms with Gasteiger partial charge in [0.1, 0.15) is 11.3 Å². The van der Waals surface area contributed by atoms with Crippen molar-refractivity contribution in [2.45, 2.75) is 13.5 Å². The number of ether oxygens (including phenoxy) is 1. The minimum atomic E-state index is -0.301. The third-order valence-corrected chi connectivity index (χ3v) is 4.66. The van der Waals surface area contributed by atoms with E-state index in [0.717, 1.165) is 45.0 Å². The van der Waals surface area contributed by atoms with E-state index in [-0.39, 0.29) is 6.03 Å². The van der Waals surface area contributed by atoms with Crippen LogP contribution in [-0.4, -0.2) is 75.1 Å². The normalized spacial score (nSPS) is 14.8. The van der Waals surface area contributed by atoms with Crippen LogP contribution >= 0.6 is 0 Å². The lowest BCUT2D eigenvalue weighted by atomic mass is 10.2. The fraction of sp³-hybridized carbons (Fsp3) is 0.421. The summed E-state index contributed by atoms with van der Waals surface area (Å²) in [5.74, 6) is 0.427. The number of carbonyl (C=O) groups excluding carboxylic acids is 1. The van der Waals surface area contributed by atoms with Crippen LogP contribution in [0.15, 0.2) is 30.7 Å². The van der Waals surface area contributed by atoms with Crippen LogP contribution in [0.5, 0.6) is 0 Å². The highest BCUT2D eigenvalue weighted by molar-refractivity contribution is 5.89. The van der Waals surface area contributed by atoms with E-state index >= 15 is 0 Å². The highest BCUT2D eigenvalue weighted by Crippen LogP contribution is 2.19. The number of nitrogens with zero attached hydrogens (tertiary/aromatic N) is 6. The smallest absolute Gasteiger partial charge is 0.320 e. The summed E-state index contributed by atoms with van der Waals surface area (Å²) in [6, 6.07) is 3.19. The van der Waals surface area contributed by atoms with Gasteiger partial charge in [-0.15, -0.1) is 0 Å². The lowest BCUT2D eigenvalue weighted by molar-refractivity contribution is 0.0360. The lowest BCUT2D eigenvalue weighted by Gasteiger charge is -2.26. The summed E-state index contributed by atoms with van der Waals surface area (Å²) >= 11 is 0. The predicted octanol–water partition coefficient (Wildman–Crippen LogP) is 1.36. The molecule has 0 unspecified atom stereocenters. The van der Waals surface area contributed by atoms with Gasteiger partial charge >= 0.3 is 6.03 Å². The van der Waals surface area contributed by atoms with Gasteiger partial charge in [-0.05, 0) is 19.1 Å². The molecule has 1 aliphatic heterocycles. The molecule has 0 radical (unpaired) electrons. The Hall–Kier alpha value is -3.11. The monoisotopic (exact) mass is 396 g/mol. The average molecular weight is 396 g/mol. The molecule has 3 aromatic heterocycles. The zero-order valence-corrected chi connectivity index (χ0v) is 16.3. The molecule has 4 heterocycles. The molecule has 3 aromatic rings. The number of hydrogen-bond donors (Lipinski definition) is 2. The number of amides is 2. The van der Waals surface area contributed by atoms with E-state index in [2.05, 4.69) is 35.6 Å². The standard InChI is InChI=1S/C19H24N8O2/c1-2-20-19(28)25-17-4-3-15-18(24-17)23-16(12-21-15)14-11-22-27(13-14)6-5-26-7-9-29-10-8-26/h3-4,11-13H,2,5-10H2,1H3,(H2,20,23,24,25,28). The molecule has 2 N–H and O–H groups in total. The number of rotatable bonds is 6. The summed E-state index contributed by atoms with van der Waals surface area (Å²) in [6.07, 6.45) is 5.46. The van der Waals surface area contributed by atoms with Crippen molar-refractivity contribution in [1.82, 2.24) is 34.9 Å². The highest BCUT2D eigenvalue weighted by Gasteiger charge is 2.12. The molecule has 1 fully saturated rings. The van der Waals surface area contributed by atoms with Gasteiger partial charge in [-0.3, -0.25) is 19.9 Å². The summed E-state index contributed by atoms with van der Waals surface area (Å²) in [5, 5.41) is 9.80. The van der Waals surface area contributed by atoms with Crippen molar-refractivity contribution in [2.75, 3.05) is 44.7 Å². The van der Waals surface area contributed by atoms with E-state index < -0.39 is 0 Å². The van der Waals surface area contributed by atoms with Gasteiger partial charge in [0.25, 0.3) is 0 Å². The predicted molar refractivity (Wildman–Crippen MR) is 109 cm³/mol. The summed E-state index contributed by atoms with van der Waals surface area (Å²) < 4.78 is 7.29. The third-order valence-electron chi connectivity index (χ3n) is 4.66. The summed E-state index contributed by atoms with van der Waals surface area (Å²) in [7, 11) is 0. The Labute approximate surface area is 168 Å². The van der Waals surface area contributed by atoms with Crippen molar-refractivity contribution in [3.05, 3.63) is 30.7 Å². The van der Waals surface area contributed by atoms with Gasteiger partial charge in [0.15, 0.2) is 5.65 Å². The molecule has 152 valence electrons. The van der Waals surface area contributed by atoms with Gasteiger partial charge in [-0.25, -0.2) is 14.8 Å². The number of fused-ring (bicyclic) bond motifs is 1. The molecule has 29 heavy (non-hydrogen) atoms. The number of nitrogens with one attached hydrogen (secondary N) is 2. The Balaban J connectivity index is 1.47. The van der Waals surface area contributed by atoms with E-state index in [9.17, 15) is 4.79 Å². The molecular weight excluding hydrogens is 372 g/mol. The van der Waals surface area contributed by atoms with Crippen LogP contribution in [0.1, 0.15) is 6.92 Å². The van der Waals surface area contributed by atoms with Crippen molar-refractivity contribution in [3.8, 4) is 11.3 Å². The molecule has 10 nitrogen and oxygen atoms in total. The summed E-state index contributed by atoms with van der Waals surface area (Å²) in [6.45, 7) is 7.64. The van der Waals surface area contributed by atoms with Gasteiger partial charge in [-0.1, -0.05) is 0 Å². The van der Waals surface area contributed by atoms with Crippen molar-refractivity contribution in [3.63, 3.8) is 0 Å². The molecule has 0 saturated carbocycles. The lowest BCUT2D eigenvalue weighted by Crippen LogP contribution is -2.38. The van der Waals surface area contributed by atoms with Crippen LogP contribution in [-0.2, 0) is 11.3 Å². The first-order valence-corrected chi connectivity index (χ1v) is 9.73. The van der Waals surface area contributed by atoms with Crippen molar-refractivity contribution >= 4 is 23.0 Å². The van der Waals surface area contributed by atoms with Crippen molar-refractivity contribution in [2.24, 2.45) is 0 Å². The largest absolute Gasteiger partial charge is 0.379 e. The fourth-order valence-corrected chi connectivity index (χ4v) is 3.11. The van der Waals surface area contributed by atoms with Crippen LogP contribution in [0.2, 0.25) is 0 Å². The minimum absolute atomic E-state index is 0.301. The molecule has 0 aliphatic carbocycles. The highest BCUT2D eigenvalue weighted by atomic mass is 16.5. The summed E-state index contributed by atoms with van der Waals surface area (Å²) in [4.78, 5) is 27.5. The van der Waals surface area contributed by atoms with E-state index in [4.69, 9.17) is 4.74 Å². The zero-order chi connectivity index (χ0) is 20.1. The van der Waals surface area contributed by atoms with Crippen molar-refractivity contribution in [1.29, 1.82) is 0 Å². The molecular formula is C19H24N8O2. The molecule has 1 saturated heterocycles. The number of urea groups is 1. The maximum Gasteiger partial charge on any atom is 0.320 e. The van der Waals surface area contributed by atoms with E-state index in [1.165, 1.54) is 0 Å². The zero-order valence-electron chi connectivity index (χ0n) is 16.3. The number of aromatic nitrogens is 5. The van der Waals surface area contributed by atoms with Gasteiger partial charge in [-0.2, -0.15) is 5.10 Å². The SMILES string of the molecule is CCNC(=O)Nc1ccc2ncc(-c3cnn(CCN4CCOCC4)c3)nc2n1. The van der Waals surface area contributed by atoms with Crippen LogP contribution in [0.3, 0.4) is 0 Å². The molecule has 4 rings (SSSR count). The molecule has 0 spiro atoms. The molecule has 10 heteroatoms. The molecule has 1 aliphatic rings. The molecule has 0 atom stereocenters. The first-order chi connectivity index (χ1) is 14.2. The molecule has 2 amide bonds. The topological polar surface area (TPSA) is 110 Å². The van der Waals surface area contributed by atoms with Gasteiger partial charge < -0.3 is 10.1 Å². The number of carbonyl (C=O) groups is 1. The molecule has 0 bridgehead atoms. The maximum atomic E-state index is 11.7.